The average Bonchev–Trinajstić information content (AvgIpc) is 2.68. The number of rotatable bonds is 4. The molecule has 0 aliphatic heterocycles. The Morgan fingerprint density at radius 3 is 3.00 bits per heavy atom. The predicted octanol–water partition coefficient (Wildman–Crippen LogP) is 4.46. The zero-order chi connectivity index (χ0) is 10.7. The van der Waals surface area contributed by atoms with Crippen LogP contribution in [-0.2, 0) is 6.42 Å². The Bertz CT molecular complexity index is 396. The van der Waals surface area contributed by atoms with Gasteiger partial charge in [0.2, 0.25) is 0 Å². The molecule has 1 aromatic carbocycles. The Labute approximate surface area is 92.3 Å². The molecule has 1 aliphatic carbocycles. The van der Waals surface area contributed by atoms with Crippen LogP contribution >= 0.6 is 0 Å². The van der Waals surface area contributed by atoms with Crippen molar-refractivity contribution in [1.82, 2.24) is 0 Å². The van der Waals surface area contributed by atoms with Gasteiger partial charge < -0.3 is 0 Å². The van der Waals surface area contributed by atoms with Crippen LogP contribution < -0.4 is 0 Å². The lowest BCUT2D eigenvalue weighted by atomic mass is 10.0. The molecule has 0 saturated carbocycles. The third-order valence-electron chi connectivity index (χ3n) is 3.07. The molecule has 0 radical (unpaired) electrons. The van der Waals surface area contributed by atoms with Gasteiger partial charge in [0.1, 0.15) is 0 Å². The van der Waals surface area contributed by atoms with E-state index in [0.29, 0.717) is 0 Å². The number of unbranched alkanes of at least 4 members (excludes halogenated alkanes) is 1. The summed E-state index contributed by atoms with van der Waals surface area (Å²) in [6.07, 6.45) is 9.31. The summed E-state index contributed by atoms with van der Waals surface area (Å²) in [5, 5.41) is 0. The topological polar surface area (TPSA) is 0 Å². The molecule has 0 aromatic heterocycles. The molecule has 15 heavy (non-hydrogen) atoms. The van der Waals surface area contributed by atoms with E-state index < -0.39 is 0 Å². The van der Waals surface area contributed by atoms with E-state index in [9.17, 15) is 0 Å². The van der Waals surface area contributed by atoms with E-state index in [4.69, 9.17) is 0 Å². The fourth-order valence-corrected chi connectivity index (χ4v) is 2.21. The van der Waals surface area contributed by atoms with E-state index in [-0.39, 0.29) is 0 Å². The first-order valence-corrected chi connectivity index (χ1v) is 5.79. The standard InChI is InChI=1S/C15H18/c1-3-5-7-12-10-14-9-6-8-13(4-2)15(14)11-12/h4,6,8-9,11H,2-3,5,7,10H2,1H3. The van der Waals surface area contributed by atoms with Crippen molar-refractivity contribution in [3.63, 3.8) is 0 Å². The molecule has 0 unspecified atom stereocenters. The summed E-state index contributed by atoms with van der Waals surface area (Å²) in [5.41, 5.74) is 5.73. The summed E-state index contributed by atoms with van der Waals surface area (Å²) in [5.74, 6) is 0. The quantitative estimate of drug-likeness (QED) is 0.670. The van der Waals surface area contributed by atoms with Crippen molar-refractivity contribution in [1.29, 1.82) is 0 Å². The second kappa shape index (κ2) is 4.48. The van der Waals surface area contributed by atoms with Crippen molar-refractivity contribution in [2.24, 2.45) is 0 Å². The van der Waals surface area contributed by atoms with Crippen molar-refractivity contribution >= 4 is 12.2 Å². The van der Waals surface area contributed by atoms with Crippen molar-refractivity contribution < 1.29 is 0 Å². The summed E-state index contributed by atoms with van der Waals surface area (Å²) in [6.45, 7) is 6.11. The maximum atomic E-state index is 3.87. The van der Waals surface area contributed by atoms with Gasteiger partial charge in [0.25, 0.3) is 0 Å². The van der Waals surface area contributed by atoms with Crippen LogP contribution in [0.3, 0.4) is 0 Å². The Morgan fingerprint density at radius 1 is 1.40 bits per heavy atom. The van der Waals surface area contributed by atoms with Gasteiger partial charge in [-0.05, 0) is 36.0 Å². The van der Waals surface area contributed by atoms with Crippen LogP contribution in [0, 0.1) is 0 Å². The summed E-state index contributed by atoms with van der Waals surface area (Å²) in [6, 6.07) is 6.51. The van der Waals surface area contributed by atoms with Gasteiger partial charge in [0.05, 0.1) is 0 Å². The minimum Gasteiger partial charge on any atom is -0.0984 e. The van der Waals surface area contributed by atoms with Crippen molar-refractivity contribution in [3.8, 4) is 0 Å². The molecule has 0 atom stereocenters. The second-order valence-corrected chi connectivity index (χ2v) is 4.21. The summed E-state index contributed by atoms with van der Waals surface area (Å²) in [7, 11) is 0. The monoisotopic (exact) mass is 198 g/mol. The molecule has 0 heteroatoms. The molecule has 0 heterocycles. The van der Waals surface area contributed by atoms with Crippen molar-refractivity contribution in [3.05, 3.63) is 47.0 Å². The van der Waals surface area contributed by atoms with Crippen LogP contribution in [0.25, 0.3) is 12.2 Å². The molecule has 0 amide bonds. The van der Waals surface area contributed by atoms with Crippen LogP contribution in [0.5, 0.6) is 0 Å². The molecular weight excluding hydrogens is 180 g/mol. The molecule has 1 aliphatic rings. The number of fused-ring (bicyclic) bond motifs is 1. The molecule has 0 spiro atoms. The maximum Gasteiger partial charge on any atom is -0.00576 e. The Hall–Kier alpha value is -1.30. The molecule has 78 valence electrons. The van der Waals surface area contributed by atoms with Gasteiger partial charge in [-0.1, -0.05) is 55.8 Å². The maximum absolute atomic E-state index is 3.87. The van der Waals surface area contributed by atoms with Gasteiger partial charge in [-0.25, -0.2) is 0 Å². The predicted molar refractivity (Wildman–Crippen MR) is 67.7 cm³/mol. The van der Waals surface area contributed by atoms with E-state index >= 15 is 0 Å². The van der Waals surface area contributed by atoms with Crippen LogP contribution in [0.1, 0.15) is 42.9 Å². The lowest BCUT2D eigenvalue weighted by Gasteiger charge is -2.01. The molecule has 2 rings (SSSR count). The Kier molecular flexibility index (Phi) is 3.05. The van der Waals surface area contributed by atoms with Gasteiger partial charge in [-0.2, -0.15) is 0 Å². The fourth-order valence-electron chi connectivity index (χ4n) is 2.21. The highest BCUT2D eigenvalue weighted by Crippen LogP contribution is 2.30. The molecular formula is C15H18. The highest BCUT2D eigenvalue weighted by atomic mass is 14.2. The van der Waals surface area contributed by atoms with Gasteiger partial charge in [0, 0.05) is 0 Å². The summed E-state index contributed by atoms with van der Waals surface area (Å²) in [4.78, 5) is 0. The first-order valence-electron chi connectivity index (χ1n) is 5.79. The zero-order valence-corrected chi connectivity index (χ0v) is 9.42. The van der Waals surface area contributed by atoms with E-state index in [1.54, 1.807) is 5.57 Å². The Morgan fingerprint density at radius 2 is 2.27 bits per heavy atom. The number of hydrogen-bond acceptors (Lipinski definition) is 0. The third-order valence-corrected chi connectivity index (χ3v) is 3.07. The van der Waals surface area contributed by atoms with Crippen LogP contribution in [0.4, 0.5) is 0 Å². The lowest BCUT2D eigenvalue weighted by Crippen LogP contribution is -1.86. The van der Waals surface area contributed by atoms with E-state index in [2.05, 4.69) is 37.8 Å². The molecule has 0 nitrogen and oxygen atoms in total. The number of hydrogen-bond donors (Lipinski definition) is 0. The first kappa shape index (κ1) is 10.2. The first-order chi connectivity index (χ1) is 7.35. The minimum atomic E-state index is 1.15. The van der Waals surface area contributed by atoms with E-state index in [1.165, 1.54) is 36.0 Å². The van der Waals surface area contributed by atoms with Gasteiger partial charge in [-0.15, -0.1) is 0 Å². The summed E-state index contributed by atoms with van der Waals surface area (Å²) < 4.78 is 0. The van der Waals surface area contributed by atoms with Crippen molar-refractivity contribution in [2.45, 2.75) is 32.6 Å². The van der Waals surface area contributed by atoms with Crippen LogP contribution in [-0.4, -0.2) is 0 Å². The minimum absolute atomic E-state index is 1.15. The number of benzene rings is 1. The van der Waals surface area contributed by atoms with Crippen LogP contribution in [0.2, 0.25) is 0 Å². The second-order valence-electron chi connectivity index (χ2n) is 4.21. The molecule has 0 bridgehead atoms. The van der Waals surface area contributed by atoms with Gasteiger partial charge in [0.15, 0.2) is 0 Å². The molecule has 0 fully saturated rings. The smallest absolute Gasteiger partial charge is 0.00576 e. The Balaban J connectivity index is 2.23. The molecule has 0 saturated heterocycles. The highest BCUT2D eigenvalue weighted by Gasteiger charge is 2.13. The molecule has 1 aromatic rings. The number of allylic oxidation sites excluding steroid dienone is 1. The van der Waals surface area contributed by atoms with E-state index in [0.717, 1.165) is 6.42 Å². The van der Waals surface area contributed by atoms with Gasteiger partial charge >= 0.3 is 0 Å². The lowest BCUT2D eigenvalue weighted by molar-refractivity contribution is 0.779. The normalized spacial score (nSPS) is 13.5. The molecule has 0 N–H and O–H groups in total. The summed E-state index contributed by atoms with van der Waals surface area (Å²) >= 11 is 0. The zero-order valence-electron chi connectivity index (χ0n) is 9.42. The van der Waals surface area contributed by atoms with Crippen LogP contribution in [0.15, 0.2) is 30.4 Å². The SMILES string of the molecule is C=Cc1cccc2c1C=C(CCCC)C2. The average molecular weight is 198 g/mol. The van der Waals surface area contributed by atoms with Crippen molar-refractivity contribution in [2.75, 3.05) is 0 Å². The highest BCUT2D eigenvalue weighted by molar-refractivity contribution is 5.72. The van der Waals surface area contributed by atoms with Gasteiger partial charge in [-0.3, -0.25) is 0 Å². The van der Waals surface area contributed by atoms with E-state index in [1.807, 2.05) is 6.08 Å². The third kappa shape index (κ3) is 2.04. The fraction of sp³-hybridized carbons (Fsp3) is 0.333. The largest absolute Gasteiger partial charge is 0.0984 e.